The van der Waals surface area contributed by atoms with Crippen LogP contribution in [0.25, 0.3) is 11.1 Å². The van der Waals surface area contributed by atoms with Crippen LogP contribution in [-0.4, -0.2) is 32.4 Å². The minimum atomic E-state index is -1.03. The summed E-state index contributed by atoms with van der Waals surface area (Å²) >= 11 is 2.00. The van der Waals surface area contributed by atoms with Crippen LogP contribution in [0.2, 0.25) is 0 Å². The maximum absolute atomic E-state index is 11.5. The van der Waals surface area contributed by atoms with E-state index in [0.717, 1.165) is 5.56 Å². The minimum absolute atomic E-state index is 0.152. The van der Waals surface area contributed by atoms with Gasteiger partial charge < -0.3 is 19.3 Å². The van der Waals surface area contributed by atoms with Gasteiger partial charge in [-0.15, -0.1) is 0 Å². The van der Waals surface area contributed by atoms with Crippen LogP contribution >= 0.6 is 22.6 Å². The molecule has 2 aromatic carbocycles. The maximum atomic E-state index is 11.5. The topological polar surface area (TPSA) is 65.0 Å². The van der Waals surface area contributed by atoms with Crippen molar-refractivity contribution in [1.82, 2.24) is 0 Å². The number of para-hydroxylation sites is 1. The van der Waals surface area contributed by atoms with Gasteiger partial charge in [-0.3, -0.25) is 0 Å². The van der Waals surface area contributed by atoms with E-state index in [2.05, 4.69) is 0 Å². The summed E-state index contributed by atoms with van der Waals surface area (Å²) < 4.78 is 16.7. The van der Waals surface area contributed by atoms with Crippen LogP contribution in [0.3, 0.4) is 0 Å². The van der Waals surface area contributed by atoms with Crippen LogP contribution in [-0.2, 0) is 0 Å². The second kappa shape index (κ2) is 6.87. The number of carboxylic acids is 1. The van der Waals surface area contributed by atoms with E-state index in [1.807, 2.05) is 46.9 Å². The molecule has 0 aliphatic carbocycles. The lowest BCUT2D eigenvalue weighted by Crippen LogP contribution is -2.05. The van der Waals surface area contributed by atoms with Crippen molar-refractivity contribution in [2.75, 3.05) is 21.3 Å². The molecule has 0 aliphatic rings. The zero-order chi connectivity index (χ0) is 16.3. The van der Waals surface area contributed by atoms with Crippen LogP contribution < -0.4 is 14.2 Å². The molecule has 5 nitrogen and oxygen atoms in total. The van der Waals surface area contributed by atoms with E-state index in [9.17, 15) is 9.90 Å². The fourth-order valence-electron chi connectivity index (χ4n) is 2.22. The molecule has 6 heteroatoms. The van der Waals surface area contributed by atoms with Gasteiger partial charge >= 0.3 is 5.97 Å². The molecule has 0 atom stereocenters. The maximum Gasteiger partial charge on any atom is 0.336 e. The molecule has 0 radical (unpaired) electrons. The molecule has 0 amide bonds. The van der Waals surface area contributed by atoms with Gasteiger partial charge in [-0.1, -0.05) is 18.2 Å². The second-order valence-corrected chi connectivity index (χ2v) is 5.43. The van der Waals surface area contributed by atoms with Crippen molar-refractivity contribution in [2.45, 2.75) is 0 Å². The first-order chi connectivity index (χ1) is 10.5. The van der Waals surface area contributed by atoms with Gasteiger partial charge in [0.15, 0.2) is 11.5 Å². The Morgan fingerprint density at radius 3 is 2.23 bits per heavy atom. The first kappa shape index (κ1) is 16.4. The molecule has 1 N–H and O–H groups in total. The number of rotatable bonds is 5. The third-order valence-electron chi connectivity index (χ3n) is 3.21. The Bertz CT molecular complexity index is 712. The Labute approximate surface area is 142 Å². The average Bonchev–Trinajstić information content (AvgIpc) is 2.53. The fraction of sp³-hybridized carbons (Fsp3) is 0.188. The number of methoxy groups -OCH3 is 3. The van der Waals surface area contributed by atoms with Crippen molar-refractivity contribution in [3.8, 4) is 28.4 Å². The fourth-order valence-corrected chi connectivity index (χ4v) is 3.14. The zero-order valence-electron chi connectivity index (χ0n) is 12.3. The Morgan fingerprint density at radius 1 is 1.05 bits per heavy atom. The number of carbonyl (C=O) groups is 1. The standard InChI is InChI=1S/C16H15IO5/c1-20-11-7-5-4-6-9(11)13-14(17)10(16(18)19)8-12(21-2)15(13)22-3/h4-8H,1-3H3,(H,18,19). The molecule has 2 rings (SSSR count). The zero-order valence-corrected chi connectivity index (χ0v) is 14.5. The van der Waals surface area contributed by atoms with Crippen molar-refractivity contribution in [3.63, 3.8) is 0 Å². The van der Waals surface area contributed by atoms with Crippen LogP contribution in [0.1, 0.15) is 10.4 Å². The summed E-state index contributed by atoms with van der Waals surface area (Å²) in [6.45, 7) is 0. The average molecular weight is 414 g/mol. The molecule has 0 aromatic heterocycles. The van der Waals surface area contributed by atoms with Gasteiger partial charge in [-0.2, -0.15) is 0 Å². The summed E-state index contributed by atoms with van der Waals surface area (Å²) in [5, 5.41) is 9.41. The Kier molecular flexibility index (Phi) is 5.12. The molecule has 0 saturated carbocycles. The van der Waals surface area contributed by atoms with Crippen molar-refractivity contribution < 1.29 is 24.1 Å². The SMILES string of the molecule is COc1ccccc1-c1c(I)c(C(=O)O)cc(OC)c1OC. The predicted octanol–water partition coefficient (Wildman–Crippen LogP) is 3.68. The molecular formula is C16H15IO5. The number of carboxylic acid groups (broad SMARTS) is 1. The lowest BCUT2D eigenvalue weighted by Gasteiger charge is -2.18. The highest BCUT2D eigenvalue weighted by atomic mass is 127. The summed E-state index contributed by atoms with van der Waals surface area (Å²) in [5.41, 5.74) is 1.53. The van der Waals surface area contributed by atoms with E-state index in [4.69, 9.17) is 14.2 Å². The van der Waals surface area contributed by atoms with Crippen molar-refractivity contribution in [1.29, 1.82) is 0 Å². The van der Waals surface area contributed by atoms with Crippen molar-refractivity contribution in [3.05, 3.63) is 39.5 Å². The molecule has 0 saturated heterocycles. The number of hydrogen-bond donors (Lipinski definition) is 1. The summed E-state index contributed by atoms with van der Waals surface area (Å²) in [6, 6.07) is 8.82. The Balaban J connectivity index is 2.88. The van der Waals surface area contributed by atoms with Gasteiger partial charge in [0.05, 0.1) is 26.9 Å². The normalized spacial score (nSPS) is 10.2. The largest absolute Gasteiger partial charge is 0.496 e. The Hall–Kier alpha value is -1.96. The van der Waals surface area contributed by atoms with Gasteiger partial charge in [-0.05, 0) is 34.7 Å². The van der Waals surface area contributed by atoms with E-state index in [-0.39, 0.29) is 5.56 Å². The first-order valence-corrected chi connectivity index (χ1v) is 7.44. The van der Waals surface area contributed by atoms with E-state index in [1.165, 1.54) is 20.3 Å². The molecule has 0 fully saturated rings. The number of halogens is 1. The predicted molar refractivity (Wildman–Crippen MR) is 91.2 cm³/mol. The number of benzene rings is 2. The summed E-state index contributed by atoms with van der Waals surface area (Å²) in [7, 11) is 4.56. The molecule has 0 heterocycles. The minimum Gasteiger partial charge on any atom is -0.496 e. The van der Waals surface area contributed by atoms with E-state index in [1.54, 1.807) is 7.11 Å². The highest BCUT2D eigenvalue weighted by Gasteiger charge is 2.24. The molecular weight excluding hydrogens is 399 g/mol. The Morgan fingerprint density at radius 2 is 1.68 bits per heavy atom. The van der Waals surface area contributed by atoms with Crippen molar-refractivity contribution >= 4 is 28.6 Å². The highest BCUT2D eigenvalue weighted by Crippen LogP contribution is 2.45. The van der Waals surface area contributed by atoms with E-state index < -0.39 is 5.97 Å². The molecule has 0 spiro atoms. The quantitative estimate of drug-likeness (QED) is 0.757. The molecule has 0 aliphatic heterocycles. The third-order valence-corrected chi connectivity index (χ3v) is 4.33. The molecule has 22 heavy (non-hydrogen) atoms. The van der Waals surface area contributed by atoms with Crippen LogP contribution in [0, 0.1) is 3.57 Å². The van der Waals surface area contributed by atoms with Gasteiger partial charge in [0.1, 0.15) is 5.75 Å². The number of aromatic carboxylic acids is 1. The van der Waals surface area contributed by atoms with Crippen LogP contribution in [0.5, 0.6) is 17.2 Å². The lowest BCUT2D eigenvalue weighted by atomic mass is 10.00. The molecule has 0 unspecified atom stereocenters. The summed E-state index contributed by atoms with van der Waals surface area (Å²) in [4.78, 5) is 11.5. The number of hydrogen-bond acceptors (Lipinski definition) is 4. The number of ether oxygens (including phenoxy) is 3. The smallest absolute Gasteiger partial charge is 0.336 e. The van der Waals surface area contributed by atoms with Crippen LogP contribution in [0.4, 0.5) is 0 Å². The monoisotopic (exact) mass is 414 g/mol. The first-order valence-electron chi connectivity index (χ1n) is 6.36. The van der Waals surface area contributed by atoms with E-state index in [0.29, 0.717) is 26.4 Å². The van der Waals surface area contributed by atoms with Gasteiger partial charge in [0, 0.05) is 14.7 Å². The molecule has 0 bridgehead atoms. The van der Waals surface area contributed by atoms with Gasteiger partial charge in [0.2, 0.25) is 0 Å². The van der Waals surface area contributed by atoms with E-state index >= 15 is 0 Å². The summed E-state index contributed by atoms with van der Waals surface area (Å²) in [5.74, 6) is 0.437. The lowest BCUT2D eigenvalue weighted by molar-refractivity contribution is 0.0695. The van der Waals surface area contributed by atoms with Crippen molar-refractivity contribution in [2.24, 2.45) is 0 Å². The summed E-state index contributed by atoms with van der Waals surface area (Å²) in [6.07, 6.45) is 0. The van der Waals surface area contributed by atoms with Crippen LogP contribution in [0.15, 0.2) is 30.3 Å². The van der Waals surface area contributed by atoms with Gasteiger partial charge in [-0.25, -0.2) is 4.79 Å². The third kappa shape index (κ3) is 2.83. The second-order valence-electron chi connectivity index (χ2n) is 4.35. The molecule has 116 valence electrons. The highest BCUT2D eigenvalue weighted by molar-refractivity contribution is 14.1. The van der Waals surface area contributed by atoms with Gasteiger partial charge in [0.25, 0.3) is 0 Å². The molecule has 2 aromatic rings.